The summed E-state index contributed by atoms with van der Waals surface area (Å²) in [5.74, 6) is 2.86. The Morgan fingerprint density at radius 1 is 0.818 bits per heavy atom. The van der Waals surface area contributed by atoms with Gasteiger partial charge in [-0.3, -0.25) is 4.55 Å². The molecule has 0 spiro atoms. The molecule has 44 heavy (non-hydrogen) atoms. The molecule has 4 saturated carbocycles. The van der Waals surface area contributed by atoms with Crippen molar-refractivity contribution >= 4 is 10.4 Å². The molecule has 0 amide bonds. The molecule has 0 aromatic carbocycles. The van der Waals surface area contributed by atoms with Crippen LogP contribution in [-0.4, -0.2) is 77.3 Å². The summed E-state index contributed by atoms with van der Waals surface area (Å²) in [5.41, 5.74) is 17.8. The highest BCUT2D eigenvalue weighted by molar-refractivity contribution is 7.80. The molecule has 0 aliphatic heterocycles. The van der Waals surface area contributed by atoms with Crippen molar-refractivity contribution in [1.82, 2.24) is 0 Å². The number of hydrogen-bond donors (Lipinski definition) is 4. The van der Waals surface area contributed by atoms with E-state index in [-0.39, 0.29) is 29.6 Å². The predicted molar refractivity (Wildman–Crippen MR) is 172 cm³/mol. The Balaban J connectivity index is 1.60. The fourth-order valence-corrected chi connectivity index (χ4v) is 10.7. The molecule has 4 rings (SSSR count). The van der Waals surface area contributed by atoms with Crippen LogP contribution in [0.15, 0.2) is 0 Å². The standard InChI is InChI=1S/C33H63N3O7S/c1-23(8-4-19-43-44(37,38)39)26-9-10-27-31-28(22-30(33(26,27)3)42-18-7-15-36)32(2)12-11-25(40-16-5-13-34)20-24(32)21-29(31)41-17-6-14-35/h23-31H,4-22,34-36H2,1-3H3,(H,37,38,39)/t23-,24?,25-,26?,27?,28?,29-,30+,31?,32+,33?/m1/s1. The third-order valence-electron chi connectivity index (χ3n) is 12.5. The van der Waals surface area contributed by atoms with E-state index in [9.17, 15) is 8.42 Å². The van der Waals surface area contributed by atoms with Crippen LogP contribution in [0.2, 0.25) is 0 Å². The molecule has 258 valence electrons. The molecular formula is C33H63N3O7S. The van der Waals surface area contributed by atoms with E-state index in [4.69, 9.17) is 36.0 Å². The molecule has 0 saturated heterocycles. The SMILES string of the molecule is C[C@H](CCCOS(=O)(=O)O)C1CCC2C3C(C[C@H](OCCCN)C21C)[C@@]1(C)CC[C@@H](OCCCN)CC1C[C@H]3OCCCN. The Labute approximate surface area is 267 Å². The first-order valence-electron chi connectivity index (χ1n) is 17.6. The summed E-state index contributed by atoms with van der Waals surface area (Å²) in [4.78, 5) is 0. The van der Waals surface area contributed by atoms with Crippen molar-refractivity contribution in [3.8, 4) is 0 Å². The summed E-state index contributed by atoms with van der Waals surface area (Å²) >= 11 is 0. The summed E-state index contributed by atoms with van der Waals surface area (Å²) in [5, 5.41) is 0. The third-order valence-corrected chi connectivity index (χ3v) is 13.0. The van der Waals surface area contributed by atoms with Crippen LogP contribution in [0.25, 0.3) is 0 Å². The second-order valence-corrected chi connectivity index (χ2v) is 15.9. The highest BCUT2D eigenvalue weighted by atomic mass is 32.3. The van der Waals surface area contributed by atoms with Gasteiger partial charge in [-0.05, 0) is 138 Å². The molecule has 11 heteroatoms. The van der Waals surface area contributed by atoms with Gasteiger partial charge in [-0.2, -0.15) is 8.42 Å². The first-order chi connectivity index (χ1) is 21.0. The maximum absolute atomic E-state index is 11.1. The van der Waals surface area contributed by atoms with E-state index in [0.29, 0.717) is 80.9 Å². The van der Waals surface area contributed by atoms with Crippen molar-refractivity contribution < 1.29 is 31.4 Å². The normalized spacial score (nSPS) is 39.4. The number of hydrogen-bond acceptors (Lipinski definition) is 9. The van der Waals surface area contributed by atoms with Crippen LogP contribution in [0, 0.1) is 46.3 Å². The molecule has 11 atom stereocenters. The van der Waals surface area contributed by atoms with E-state index in [1.807, 2.05) is 0 Å². The van der Waals surface area contributed by atoms with Crippen molar-refractivity contribution in [2.24, 2.45) is 63.5 Å². The van der Waals surface area contributed by atoms with E-state index in [2.05, 4.69) is 25.0 Å². The molecule has 4 aliphatic rings. The van der Waals surface area contributed by atoms with Crippen molar-refractivity contribution in [3.63, 3.8) is 0 Å². The van der Waals surface area contributed by atoms with E-state index in [1.54, 1.807) is 0 Å². The van der Waals surface area contributed by atoms with Gasteiger partial charge in [0, 0.05) is 25.2 Å². The third kappa shape index (κ3) is 8.19. The fourth-order valence-electron chi connectivity index (χ4n) is 10.4. The Morgan fingerprint density at radius 3 is 2.14 bits per heavy atom. The monoisotopic (exact) mass is 645 g/mol. The summed E-state index contributed by atoms with van der Waals surface area (Å²) in [6.07, 6.45) is 12.5. The van der Waals surface area contributed by atoms with Gasteiger partial charge < -0.3 is 31.4 Å². The summed E-state index contributed by atoms with van der Waals surface area (Å²) in [6.45, 7) is 11.4. The Kier molecular flexibility index (Phi) is 13.4. The lowest BCUT2D eigenvalue weighted by Crippen LogP contribution is -2.63. The molecule has 10 nitrogen and oxygen atoms in total. The van der Waals surface area contributed by atoms with Gasteiger partial charge >= 0.3 is 10.4 Å². The summed E-state index contributed by atoms with van der Waals surface area (Å²) in [7, 11) is -4.41. The minimum absolute atomic E-state index is 0.00486. The van der Waals surface area contributed by atoms with E-state index in [0.717, 1.165) is 70.8 Å². The topological polar surface area (TPSA) is 169 Å². The zero-order chi connectivity index (χ0) is 32.0. The Bertz CT molecular complexity index is 988. The molecule has 7 N–H and O–H groups in total. The second kappa shape index (κ2) is 16.2. The number of fused-ring (bicyclic) bond motifs is 5. The Hall–Kier alpha value is -0.370. The highest BCUT2D eigenvalue weighted by Gasteiger charge is 2.66. The maximum atomic E-state index is 11.1. The predicted octanol–water partition coefficient (Wildman–Crippen LogP) is 4.30. The molecule has 0 bridgehead atoms. The van der Waals surface area contributed by atoms with Crippen LogP contribution in [0.3, 0.4) is 0 Å². The minimum Gasteiger partial charge on any atom is -0.378 e. The van der Waals surface area contributed by atoms with Crippen molar-refractivity contribution in [3.05, 3.63) is 0 Å². The van der Waals surface area contributed by atoms with Crippen molar-refractivity contribution in [2.45, 2.75) is 116 Å². The van der Waals surface area contributed by atoms with E-state index >= 15 is 0 Å². The van der Waals surface area contributed by atoms with Crippen LogP contribution in [0.4, 0.5) is 0 Å². The highest BCUT2D eigenvalue weighted by Crippen LogP contribution is 2.69. The quantitative estimate of drug-likeness (QED) is 0.125. The van der Waals surface area contributed by atoms with Gasteiger partial charge in [0.1, 0.15) is 0 Å². The van der Waals surface area contributed by atoms with Crippen LogP contribution < -0.4 is 17.2 Å². The smallest absolute Gasteiger partial charge is 0.378 e. The van der Waals surface area contributed by atoms with Crippen LogP contribution >= 0.6 is 0 Å². The molecule has 4 aliphatic carbocycles. The van der Waals surface area contributed by atoms with Crippen molar-refractivity contribution in [1.29, 1.82) is 0 Å². The van der Waals surface area contributed by atoms with Crippen LogP contribution in [0.5, 0.6) is 0 Å². The zero-order valence-electron chi connectivity index (χ0n) is 27.7. The Morgan fingerprint density at radius 2 is 1.48 bits per heavy atom. The lowest BCUT2D eigenvalue weighted by Gasteiger charge is -2.65. The van der Waals surface area contributed by atoms with Gasteiger partial charge in [-0.1, -0.05) is 20.8 Å². The van der Waals surface area contributed by atoms with Gasteiger partial charge in [0.2, 0.25) is 0 Å². The molecule has 4 fully saturated rings. The first-order valence-corrected chi connectivity index (χ1v) is 18.9. The van der Waals surface area contributed by atoms with Gasteiger partial charge in [0.15, 0.2) is 0 Å². The molecule has 0 aromatic heterocycles. The maximum Gasteiger partial charge on any atom is 0.397 e. The molecule has 0 radical (unpaired) electrons. The average molecular weight is 646 g/mol. The summed E-state index contributed by atoms with van der Waals surface area (Å²) < 4.78 is 55.8. The lowest BCUT2D eigenvalue weighted by molar-refractivity contribution is -0.227. The van der Waals surface area contributed by atoms with Gasteiger partial charge in [0.25, 0.3) is 0 Å². The van der Waals surface area contributed by atoms with Crippen LogP contribution in [0.1, 0.15) is 97.8 Å². The van der Waals surface area contributed by atoms with E-state index in [1.165, 1.54) is 6.42 Å². The molecular weight excluding hydrogens is 582 g/mol. The van der Waals surface area contributed by atoms with Gasteiger partial charge in [0.05, 0.1) is 24.9 Å². The summed E-state index contributed by atoms with van der Waals surface area (Å²) in [6, 6.07) is 0. The fraction of sp³-hybridized carbons (Fsp3) is 1.00. The lowest BCUT2D eigenvalue weighted by atomic mass is 9.43. The molecule has 6 unspecified atom stereocenters. The number of rotatable bonds is 18. The molecule has 0 heterocycles. The number of nitrogens with two attached hydrogens (primary N) is 3. The average Bonchev–Trinajstić information content (AvgIpc) is 3.34. The minimum atomic E-state index is -4.41. The van der Waals surface area contributed by atoms with Gasteiger partial charge in [-0.15, -0.1) is 0 Å². The van der Waals surface area contributed by atoms with Crippen molar-refractivity contribution in [2.75, 3.05) is 46.1 Å². The van der Waals surface area contributed by atoms with Gasteiger partial charge in [-0.25, -0.2) is 4.18 Å². The second-order valence-electron chi connectivity index (χ2n) is 14.8. The zero-order valence-corrected chi connectivity index (χ0v) is 28.5. The van der Waals surface area contributed by atoms with Crippen LogP contribution in [-0.2, 0) is 28.8 Å². The first kappa shape index (κ1) is 36.5. The molecule has 0 aromatic rings. The largest absolute Gasteiger partial charge is 0.397 e. The van der Waals surface area contributed by atoms with E-state index < -0.39 is 10.4 Å². The number of ether oxygens (including phenoxy) is 3.